The van der Waals surface area contributed by atoms with Crippen LogP contribution in [0.5, 0.6) is 0 Å². The van der Waals surface area contributed by atoms with Gasteiger partial charge in [0.15, 0.2) is 0 Å². The van der Waals surface area contributed by atoms with Gasteiger partial charge in [0.2, 0.25) is 0 Å². The standard InChI is InChI=1S/C15H14Br2O/c1-15(18,12-6-8-13(16)9-7-12)10-11-4-2-3-5-14(11)17/h2-9,18H,10H2,1H3. The third kappa shape index (κ3) is 3.22. The first-order chi connectivity index (χ1) is 8.49. The highest BCUT2D eigenvalue weighted by atomic mass is 79.9. The molecular formula is C15H14Br2O. The quantitative estimate of drug-likeness (QED) is 0.833. The number of rotatable bonds is 3. The maximum absolute atomic E-state index is 10.6. The van der Waals surface area contributed by atoms with Crippen molar-refractivity contribution in [2.45, 2.75) is 18.9 Å². The van der Waals surface area contributed by atoms with E-state index in [2.05, 4.69) is 31.9 Å². The predicted octanol–water partition coefficient (Wildman–Crippen LogP) is 4.66. The molecule has 0 bridgehead atoms. The van der Waals surface area contributed by atoms with Crippen molar-refractivity contribution >= 4 is 31.9 Å². The minimum atomic E-state index is -0.870. The average molecular weight is 370 g/mol. The van der Waals surface area contributed by atoms with Crippen LogP contribution in [0.2, 0.25) is 0 Å². The van der Waals surface area contributed by atoms with E-state index in [1.54, 1.807) is 0 Å². The van der Waals surface area contributed by atoms with Gasteiger partial charge in [-0.2, -0.15) is 0 Å². The minimum Gasteiger partial charge on any atom is -0.385 e. The fraction of sp³-hybridized carbons (Fsp3) is 0.200. The Bertz CT molecular complexity index is 532. The summed E-state index contributed by atoms with van der Waals surface area (Å²) in [6.07, 6.45) is 0.579. The van der Waals surface area contributed by atoms with Crippen LogP contribution >= 0.6 is 31.9 Å². The van der Waals surface area contributed by atoms with Crippen LogP contribution in [0.25, 0.3) is 0 Å². The highest BCUT2D eigenvalue weighted by Crippen LogP contribution is 2.29. The molecule has 1 atom stereocenters. The number of benzene rings is 2. The van der Waals surface area contributed by atoms with E-state index in [1.165, 1.54) is 0 Å². The molecule has 0 aliphatic rings. The number of aliphatic hydroxyl groups is 1. The Labute approximate surface area is 124 Å². The third-order valence-electron chi connectivity index (χ3n) is 2.96. The van der Waals surface area contributed by atoms with Crippen LogP contribution in [0.1, 0.15) is 18.1 Å². The molecule has 0 aromatic heterocycles. The van der Waals surface area contributed by atoms with Crippen molar-refractivity contribution in [2.75, 3.05) is 0 Å². The molecule has 0 saturated heterocycles. The van der Waals surface area contributed by atoms with Crippen LogP contribution in [0.3, 0.4) is 0 Å². The van der Waals surface area contributed by atoms with Gasteiger partial charge in [0.05, 0.1) is 5.60 Å². The summed E-state index contributed by atoms with van der Waals surface area (Å²) in [5.74, 6) is 0. The second-order valence-corrected chi connectivity index (χ2v) is 6.32. The second-order valence-electron chi connectivity index (χ2n) is 4.55. The molecule has 0 heterocycles. The molecule has 0 aliphatic carbocycles. The Hall–Kier alpha value is -0.640. The van der Waals surface area contributed by atoms with Crippen molar-refractivity contribution in [3.05, 3.63) is 68.6 Å². The Kier molecular flexibility index (Phi) is 4.25. The lowest BCUT2D eigenvalue weighted by atomic mass is 9.89. The highest BCUT2D eigenvalue weighted by Gasteiger charge is 2.24. The molecule has 1 unspecified atom stereocenters. The molecule has 0 radical (unpaired) electrons. The first kappa shape index (κ1) is 13.8. The zero-order chi connectivity index (χ0) is 13.2. The van der Waals surface area contributed by atoms with E-state index in [9.17, 15) is 5.11 Å². The molecule has 0 amide bonds. The summed E-state index contributed by atoms with van der Waals surface area (Å²) in [4.78, 5) is 0. The summed E-state index contributed by atoms with van der Waals surface area (Å²) >= 11 is 6.92. The fourth-order valence-electron chi connectivity index (χ4n) is 1.92. The lowest BCUT2D eigenvalue weighted by Crippen LogP contribution is -2.24. The van der Waals surface area contributed by atoms with Gasteiger partial charge in [0, 0.05) is 15.4 Å². The van der Waals surface area contributed by atoms with E-state index < -0.39 is 5.60 Å². The van der Waals surface area contributed by atoms with E-state index in [4.69, 9.17) is 0 Å². The molecule has 1 nitrogen and oxygen atoms in total. The molecule has 2 aromatic carbocycles. The van der Waals surface area contributed by atoms with Gasteiger partial charge in [-0.3, -0.25) is 0 Å². The Morgan fingerprint density at radius 3 is 2.22 bits per heavy atom. The van der Waals surface area contributed by atoms with E-state index in [0.29, 0.717) is 6.42 Å². The van der Waals surface area contributed by atoms with Crippen molar-refractivity contribution in [3.8, 4) is 0 Å². The number of hydrogen-bond acceptors (Lipinski definition) is 1. The summed E-state index contributed by atoms with van der Waals surface area (Å²) in [6.45, 7) is 1.84. The van der Waals surface area contributed by atoms with Gasteiger partial charge in [-0.15, -0.1) is 0 Å². The van der Waals surface area contributed by atoms with E-state index in [-0.39, 0.29) is 0 Å². The van der Waals surface area contributed by atoms with Crippen molar-refractivity contribution in [1.29, 1.82) is 0 Å². The zero-order valence-electron chi connectivity index (χ0n) is 10.0. The van der Waals surface area contributed by atoms with E-state index in [0.717, 1.165) is 20.1 Å². The molecule has 0 fully saturated rings. The van der Waals surface area contributed by atoms with Gasteiger partial charge >= 0.3 is 0 Å². The number of hydrogen-bond donors (Lipinski definition) is 1. The van der Waals surface area contributed by atoms with Crippen molar-refractivity contribution < 1.29 is 5.11 Å². The monoisotopic (exact) mass is 368 g/mol. The Morgan fingerprint density at radius 2 is 1.61 bits per heavy atom. The van der Waals surface area contributed by atoms with Gasteiger partial charge in [-0.1, -0.05) is 62.2 Å². The van der Waals surface area contributed by atoms with Crippen molar-refractivity contribution in [3.63, 3.8) is 0 Å². The average Bonchev–Trinajstić information content (AvgIpc) is 2.32. The topological polar surface area (TPSA) is 20.2 Å². The molecule has 2 rings (SSSR count). The maximum atomic E-state index is 10.6. The van der Waals surface area contributed by atoms with Crippen molar-refractivity contribution in [2.24, 2.45) is 0 Å². The van der Waals surface area contributed by atoms with Gasteiger partial charge in [-0.25, -0.2) is 0 Å². The summed E-state index contributed by atoms with van der Waals surface area (Å²) in [5.41, 5.74) is 1.15. The summed E-state index contributed by atoms with van der Waals surface area (Å²) in [5, 5.41) is 10.6. The van der Waals surface area contributed by atoms with Crippen molar-refractivity contribution in [1.82, 2.24) is 0 Å². The molecular weight excluding hydrogens is 356 g/mol. The molecule has 0 aliphatic heterocycles. The first-order valence-corrected chi connectivity index (χ1v) is 7.29. The molecule has 94 valence electrons. The van der Waals surface area contributed by atoms with Gasteiger partial charge < -0.3 is 5.11 Å². The molecule has 18 heavy (non-hydrogen) atoms. The SMILES string of the molecule is CC(O)(Cc1ccccc1Br)c1ccc(Br)cc1. The van der Waals surface area contributed by atoms with E-state index in [1.807, 2.05) is 55.5 Å². The van der Waals surface area contributed by atoms with Crippen LogP contribution in [0, 0.1) is 0 Å². The van der Waals surface area contributed by atoms with Crippen LogP contribution < -0.4 is 0 Å². The summed E-state index contributed by atoms with van der Waals surface area (Å²) in [6, 6.07) is 15.8. The normalized spacial score (nSPS) is 14.2. The highest BCUT2D eigenvalue weighted by molar-refractivity contribution is 9.10. The third-order valence-corrected chi connectivity index (χ3v) is 4.26. The van der Waals surface area contributed by atoms with Gasteiger partial charge in [-0.05, 0) is 36.2 Å². The lowest BCUT2D eigenvalue weighted by Gasteiger charge is -2.24. The Morgan fingerprint density at radius 1 is 1.00 bits per heavy atom. The molecule has 3 heteroatoms. The Balaban J connectivity index is 2.27. The molecule has 1 N–H and O–H groups in total. The van der Waals surface area contributed by atoms with Crippen LogP contribution in [0.4, 0.5) is 0 Å². The van der Waals surface area contributed by atoms with Crippen LogP contribution in [-0.2, 0) is 12.0 Å². The first-order valence-electron chi connectivity index (χ1n) is 5.71. The van der Waals surface area contributed by atoms with E-state index >= 15 is 0 Å². The smallest absolute Gasteiger partial charge is 0.0909 e. The molecule has 0 saturated carbocycles. The van der Waals surface area contributed by atoms with Gasteiger partial charge in [0.25, 0.3) is 0 Å². The second kappa shape index (κ2) is 5.55. The molecule has 0 spiro atoms. The van der Waals surface area contributed by atoms with Crippen LogP contribution in [-0.4, -0.2) is 5.11 Å². The van der Waals surface area contributed by atoms with Gasteiger partial charge in [0.1, 0.15) is 0 Å². The summed E-state index contributed by atoms with van der Waals surface area (Å²) in [7, 11) is 0. The predicted molar refractivity (Wildman–Crippen MR) is 81.6 cm³/mol. The zero-order valence-corrected chi connectivity index (χ0v) is 13.2. The molecule has 2 aromatic rings. The largest absolute Gasteiger partial charge is 0.385 e. The van der Waals surface area contributed by atoms with Crippen LogP contribution in [0.15, 0.2) is 57.5 Å². The number of halogens is 2. The fourth-order valence-corrected chi connectivity index (χ4v) is 2.61. The summed E-state index contributed by atoms with van der Waals surface area (Å²) < 4.78 is 2.05. The maximum Gasteiger partial charge on any atom is 0.0909 e. The lowest BCUT2D eigenvalue weighted by molar-refractivity contribution is 0.0574. The minimum absolute atomic E-state index is 0.579.